The Balaban J connectivity index is 1.51. The number of Topliss-reactive ketones (excluding diaryl/α,β-unsaturated/α-hetero) is 1. The van der Waals surface area contributed by atoms with Crippen LogP contribution in [0.15, 0.2) is 59.0 Å². The van der Waals surface area contributed by atoms with Crippen LogP contribution in [0.4, 0.5) is 8.78 Å². The van der Waals surface area contributed by atoms with Crippen molar-refractivity contribution >= 4 is 22.7 Å². The molecule has 3 aromatic carbocycles. The maximum absolute atomic E-state index is 16.6. The number of aryl methyl sites for hydroxylation is 1. The lowest BCUT2D eigenvalue weighted by Gasteiger charge is -2.62. The van der Waals surface area contributed by atoms with Gasteiger partial charge < -0.3 is 9.73 Å². The molecule has 0 radical (unpaired) electrons. The van der Waals surface area contributed by atoms with Gasteiger partial charge in [0.15, 0.2) is 5.78 Å². The Morgan fingerprint density at radius 2 is 1.76 bits per heavy atom. The summed E-state index contributed by atoms with van der Waals surface area (Å²) in [7, 11) is 1.47. The largest absolute Gasteiger partial charge is 0.455 e. The van der Waals surface area contributed by atoms with E-state index in [1.54, 1.807) is 24.3 Å². The molecule has 1 aromatic heterocycles. The van der Waals surface area contributed by atoms with Gasteiger partial charge in [-0.2, -0.15) is 0 Å². The summed E-state index contributed by atoms with van der Waals surface area (Å²) < 4.78 is 36.2. The van der Waals surface area contributed by atoms with Crippen LogP contribution in [0.5, 0.6) is 0 Å². The van der Waals surface area contributed by atoms with Gasteiger partial charge in [0.1, 0.15) is 23.0 Å². The van der Waals surface area contributed by atoms with Gasteiger partial charge >= 0.3 is 0 Å². The molecule has 194 valence electrons. The Hall–Kier alpha value is -3.80. The molecule has 0 saturated heterocycles. The van der Waals surface area contributed by atoms with Crippen LogP contribution in [0.2, 0.25) is 0 Å². The van der Waals surface area contributed by atoms with E-state index in [4.69, 9.17) is 4.42 Å². The number of furan rings is 1. The highest BCUT2D eigenvalue weighted by molar-refractivity contribution is 6.12. The summed E-state index contributed by atoms with van der Waals surface area (Å²) in [6.07, 6.45) is 5.33. The van der Waals surface area contributed by atoms with E-state index in [0.29, 0.717) is 35.1 Å². The SMILES string of the molecule is CCCc1cc2oc(-c3ccc(F)cc3)c(C(=O)NC)c2c(F)c1-c1cccc(C(=O)CC23CC(C2)C3)c1. The van der Waals surface area contributed by atoms with Crippen molar-refractivity contribution in [2.45, 2.75) is 45.4 Å². The Morgan fingerprint density at radius 3 is 2.39 bits per heavy atom. The van der Waals surface area contributed by atoms with Crippen LogP contribution in [0.1, 0.15) is 65.3 Å². The fourth-order valence-electron chi connectivity index (χ4n) is 6.35. The van der Waals surface area contributed by atoms with Crippen LogP contribution in [-0.2, 0) is 6.42 Å². The summed E-state index contributed by atoms with van der Waals surface area (Å²) in [6.45, 7) is 2.01. The number of hydrogen-bond donors (Lipinski definition) is 1. The number of fused-ring (bicyclic) bond motifs is 1. The zero-order valence-corrected chi connectivity index (χ0v) is 21.5. The van der Waals surface area contributed by atoms with Gasteiger partial charge in [-0.15, -0.1) is 0 Å². The molecule has 4 nitrogen and oxygen atoms in total. The summed E-state index contributed by atoms with van der Waals surface area (Å²) in [5, 5.41) is 2.66. The number of ketones is 1. The van der Waals surface area contributed by atoms with Gasteiger partial charge in [0.05, 0.1) is 10.9 Å². The highest BCUT2D eigenvalue weighted by Crippen LogP contribution is 2.66. The quantitative estimate of drug-likeness (QED) is 0.245. The van der Waals surface area contributed by atoms with Gasteiger partial charge in [-0.05, 0) is 84.5 Å². The first-order valence-electron chi connectivity index (χ1n) is 13.2. The Morgan fingerprint density at radius 1 is 1.03 bits per heavy atom. The van der Waals surface area contributed by atoms with Gasteiger partial charge in [0, 0.05) is 30.2 Å². The van der Waals surface area contributed by atoms with Crippen molar-refractivity contribution in [3.63, 3.8) is 0 Å². The molecule has 3 saturated carbocycles. The maximum Gasteiger partial charge on any atom is 0.255 e. The molecule has 4 aromatic rings. The summed E-state index contributed by atoms with van der Waals surface area (Å²) in [5.74, 6) is -0.412. The van der Waals surface area contributed by atoms with Crippen molar-refractivity contribution < 1.29 is 22.8 Å². The predicted octanol–water partition coefficient (Wildman–Crippen LogP) is 7.73. The number of benzene rings is 3. The summed E-state index contributed by atoms with van der Waals surface area (Å²) in [4.78, 5) is 26.2. The minimum atomic E-state index is -0.564. The predicted molar refractivity (Wildman–Crippen MR) is 143 cm³/mol. The fraction of sp³-hybridized carbons (Fsp3) is 0.312. The minimum Gasteiger partial charge on any atom is -0.455 e. The molecule has 6 heteroatoms. The van der Waals surface area contributed by atoms with Crippen molar-refractivity contribution in [3.8, 4) is 22.5 Å². The molecule has 3 aliphatic rings. The summed E-state index contributed by atoms with van der Waals surface area (Å²) >= 11 is 0. The second-order valence-electron chi connectivity index (χ2n) is 10.9. The Labute approximate surface area is 220 Å². The van der Waals surface area contributed by atoms with Crippen LogP contribution >= 0.6 is 0 Å². The average molecular weight is 514 g/mol. The fourth-order valence-corrected chi connectivity index (χ4v) is 6.35. The molecule has 0 unspecified atom stereocenters. The van der Waals surface area contributed by atoms with Gasteiger partial charge in [-0.25, -0.2) is 8.78 Å². The number of carbonyl (C=O) groups is 2. The van der Waals surface area contributed by atoms with E-state index in [0.717, 1.165) is 37.2 Å². The first-order valence-corrected chi connectivity index (χ1v) is 13.2. The topological polar surface area (TPSA) is 59.3 Å². The van der Waals surface area contributed by atoms with Crippen LogP contribution in [-0.4, -0.2) is 18.7 Å². The molecule has 0 atom stereocenters. The number of carbonyl (C=O) groups excluding carboxylic acids is 2. The molecule has 3 fully saturated rings. The zero-order valence-electron chi connectivity index (χ0n) is 21.5. The molecule has 1 N–H and O–H groups in total. The van der Waals surface area contributed by atoms with Crippen LogP contribution in [0.25, 0.3) is 33.4 Å². The van der Waals surface area contributed by atoms with Gasteiger partial charge in [0.2, 0.25) is 0 Å². The van der Waals surface area contributed by atoms with Crippen molar-refractivity contribution in [1.29, 1.82) is 0 Å². The Kier molecular flexibility index (Phi) is 5.93. The van der Waals surface area contributed by atoms with E-state index in [2.05, 4.69) is 5.32 Å². The number of nitrogens with one attached hydrogen (secondary N) is 1. The number of rotatable bonds is 8. The molecule has 3 aliphatic carbocycles. The van der Waals surface area contributed by atoms with Crippen molar-refractivity contribution in [2.75, 3.05) is 7.05 Å². The third-order valence-electron chi connectivity index (χ3n) is 8.25. The van der Waals surface area contributed by atoms with E-state index in [1.807, 2.05) is 13.0 Å². The van der Waals surface area contributed by atoms with Crippen LogP contribution in [0, 0.1) is 23.0 Å². The molecular weight excluding hydrogens is 484 g/mol. The van der Waals surface area contributed by atoms with E-state index < -0.39 is 17.5 Å². The lowest BCUT2D eigenvalue weighted by molar-refractivity contribution is -0.103. The molecule has 0 spiro atoms. The summed E-state index contributed by atoms with van der Waals surface area (Å²) in [6, 6.07) is 14.5. The number of hydrogen-bond acceptors (Lipinski definition) is 3. The third-order valence-corrected chi connectivity index (χ3v) is 8.25. The van der Waals surface area contributed by atoms with E-state index in [1.165, 1.54) is 31.3 Å². The Bertz CT molecular complexity index is 1570. The lowest BCUT2D eigenvalue weighted by atomic mass is 9.43. The molecule has 38 heavy (non-hydrogen) atoms. The van der Waals surface area contributed by atoms with Gasteiger partial charge in [-0.1, -0.05) is 31.5 Å². The molecule has 2 bridgehead atoms. The zero-order chi connectivity index (χ0) is 26.6. The normalized spacial score (nSPS) is 19.6. The second-order valence-corrected chi connectivity index (χ2v) is 10.9. The molecule has 1 heterocycles. The smallest absolute Gasteiger partial charge is 0.255 e. The third kappa shape index (κ3) is 3.94. The lowest BCUT2D eigenvalue weighted by Crippen LogP contribution is -2.52. The van der Waals surface area contributed by atoms with E-state index >= 15 is 4.39 Å². The molecular formula is C32H29F2NO3. The monoisotopic (exact) mass is 513 g/mol. The highest BCUT2D eigenvalue weighted by atomic mass is 19.1. The van der Waals surface area contributed by atoms with Gasteiger partial charge in [0.25, 0.3) is 5.91 Å². The maximum atomic E-state index is 16.6. The van der Waals surface area contributed by atoms with Gasteiger partial charge in [-0.3, -0.25) is 9.59 Å². The van der Waals surface area contributed by atoms with Crippen LogP contribution in [0.3, 0.4) is 0 Å². The average Bonchev–Trinajstić information content (AvgIpc) is 3.25. The first kappa shape index (κ1) is 24.5. The molecule has 0 aliphatic heterocycles. The van der Waals surface area contributed by atoms with E-state index in [-0.39, 0.29) is 33.5 Å². The minimum absolute atomic E-state index is 0.0618. The molecule has 7 rings (SSSR count). The summed E-state index contributed by atoms with van der Waals surface area (Å²) in [5.41, 5.74) is 3.27. The van der Waals surface area contributed by atoms with E-state index in [9.17, 15) is 14.0 Å². The highest BCUT2D eigenvalue weighted by Gasteiger charge is 2.56. The molecule has 1 amide bonds. The number of amides is 1. The van der Waals surface area contributed by atoms with Crippen molar-refractivity contribution in [1.82, 2.24) is 5.32 Å². The number of halogens is 2. The standard InChI is InChI=1S/C32H29F2NO3/c1-3-5-21-13-25-27(28(31(37)35-2)30(38-25)19-8-10-23(33)11-9-19)29(34)26(21)22-7-4-6-20(12-22)24(36)17-32-14-18(15-32)16-32/h4,6-13,18H,3,5,14-17H2,1-2H3,(H,35,37). The van der Waals surface area contributed by atoms with Crippen LogP contribution < -0.4 is 5.32 Å². The first-order chi connectivity index (χ1) is 18.3. The second kappa shape index (κ2) is 9.19. The van der Waals surface area contributed by atoms with Crippen molar-refractivity contribution in [2.24, 2.45) is 11.3 Å². The van der Waals surface area contributed by atoms with Crippen molar-refractivity contribution in [3.05, 3.63) is 82.9 Å².